The summed E-state index contributed by atoms with van der Waals surface area (Å²) in [6.45, 7) is 0. The largest absolute Gasteiger partial charge is 0.481 e. The number of carboxylic acids is 1. The summed E-state index contributed by atoms with van der Waals surface area (Å²) in [5.74, 6) is -1.15. The minimum atomic E-state index is -0.879. The van der Waals surface area contributed by atoms with Gasteiger partial charge in [0.25, 0.3) is 0 Å². The van der Waals surface area contributed by atoms with Crippen molar-refractivity contribution in [3.05, 3.63) is 36.6 Å². The summed E-state index contributed by atoms with van der Waals surface area (Å²) in [6.07, 6.45) is 3.52. The molecule has 1 aliphatic rings. The van der Waals surface area contributed by atoms with E-state index >= 15 is 0 Å². The number of nitrogens with one attached hydrogen (secondary N) is 1. The van der Waals surface area contributed by atoms with Crippen LogP contribution < -0.4 is 5.32 Å². The van der Waals surface area contributed by atoms with Crippen molar-refractivity contribution in [3.8, 4) is 11.3 Å². The topological polar surface area (TPSA) is 92.4 Å². The average molecular weight is 300 g/mol. The lowest BCUT2D eigenvalue weighted by atomic mass is 9.66. The van der Waals surface area contributed by atoms with E-state index in [-0.39, 0.29) is 12.3 Å². The summed E-state index contributed by atoms with van der Waals surface area (Å²) in [4.78, 5) is 23.3. The molecular formula is C16H16N2O4. The van der Waals surface area contributed by atoms with Gasteiger partial charge in [0.05, 0.1) is 5.41 Å². The fraction of sp³-hybridized carbons (Fsp3) is 0.312. The van der Waals surface area contributed by atoms with Gasteiger partial charge in [-0.3, -0.25) is 9.59 Å². The van der Waals surface area contributed by atoms with Crippen molar-refractivity contribution < 1.29 is 19.2 Å². The van der Waals surface area contributed by atoms with E-state index < -0.39 is 11.4 Å². The van der Waals surface area contributed by atoms with Gasteiger partial charge in [-0.25, -0.2) is 0 Å². The van der Waals surface area contributed by atoms with Crippen molar-refractivity contribution in [1.82, 2.24) is 5.16 Å². The van der Waals surface area contributed by atoms with E-state index in [4.69, 9.17) is 4.52 Å². The lowest BCUT2D eigenvalue weighted by Gasteiger charge is -2.36. The van der Waals surface area contributed by atoms with Crippen LogP contribution >= 0.6 is 0 Å². The molecule has 1 amide bonds. The number of amides is 1. The van der Waals surface area contributed by atoms with Gasteiger partial charge in [-0.05, 0) is 25.0 Å². The number of rotatable bonds is 5. The molecule has 0 unspecified atom stereocenters. The van der Waals surface area contributed by atoms with Crippen LogP contribution in [0.3, 0.4) is 0 Å². The summed E-state index contributed by atoms with van der Waals surface area (Å²) in [5, 5.41) is 15.8. The Kier molecular flexibility index (Phi) is 3.66. The number of carbonyl (C=O) groups excluding carboxylic acids is 1. The van der Waals surface area contributed by atoms with Gasteiger partial charge >= 0.3 is 5.97 Å². The van der Waals surface area contributed by atoms with Crippen molar-refractivity contribution in [1.29, 1.82) is 0 Å². The van der Waals surface area contributed by atoms with Gasteiger partial charge in [0.1, 0.15) is 12.0 Å². The van der Waals surface area contributed by atoms with Gasteiger partial charge in [0, 0.05) is 23.7 Å². The van der Waals surface area contributed by atoms with E-state index in [1.54, 1.807) is 18.2 Å². The van der Waals surface area contributed by atoms with E-state index in [0.29, 0.717) is 18.5 Å². The molecule has 0 radical (unpaired) electrons. The van der Waals surface area contributed by atoms with Gasteiger partial charge in [0.2, 0.25) is 5.91 Å². The Hall–Kier alpha value is -2.63. The number of nitrogens with zero attached hydrogens (tertiary/aromatic N) is 1. The number of anilines is 1. The number of carbonyl (C=O) groups is 2. The van der Waals surface area contributed by atoms with Crippen LogP contribution in [-0.2, 0) is 9.59 Å². The molecule has 22 heavy (non-hydrogen) atoms. The minimum Gasteiger partial charge on any atom is -0.481 e. The minimum absolute atomic E-state index is 0.0212. The highest BCUT2D eigenvalue weighted by atomic mass is 16.5. The third-order valence-corrected chi connectivity index (χ3v) is 4.17. The molecule has 0 bridgehead atoms. The molecule has 1 fully saturated rings. The second kappa shape index (κ2) is 5.63. The van der Waals surface area contributed by atoms with Crippen molar-refractivity contribution in [2.45, 2.75) is 25.7 Å². The summed E-state index contributed by atoms with van der Waals surface area (Å²) in [7, 11) is 0. The molecule has 2 N–H and O–H groups in total. The first-order chi connectivity index (χ1) is 10.6. The standard InChI is InChI=1S/C16H16N2O4/c19-14(10-16(15(20)21)7-1-8-16)17-12-4-2-11(3-5-12)13-6-9-22-18-13/h2-6,9H,1,7-8,10H2,(H,17,19)(H,20,21). The SMILES string of the molecule is O=C(CC1(C(=O)O)CCC1)Nc1ccc(-c2ccon2)cc1. The molecule has 0 saturated heterocycles. The number of aromatic nitrogens is 1. The second-order valence-corrected chi connectivity index (χ2v) is 5.63. The van der Waals surface area contributed by atoms with Gasteiger partial charge in [-0.2, -0.15) is 0 Å². The number of aliphatic carboxylic acids is 1. The van der Waals surface area contributed by atoms with Gasteiger partial charge in [-0.15, -0.1) is 0 Å². The van der Waals surface area contributed by atoms with Crippen LogP contribution in [0.5, 0.6) is 0 Å². The fourth-order valence-corrected chi connectivity index (χ4v) is 2.67. The number of benzene rings is 1. The Labute approximate surface area is 127 Å². The lowest BCUT2D eigenvalue weighted by molar-refractivity contribution is -0.157. The molecular weight excluding hydrogens is 284 g/mol. The zero-order chi connectivity index (χ0) is 15.6. The Morgan fingerprint density at radius 2 is 1.95 bits per heavy atom. The number of hydrogen-bond acceptors (Lipinski definition) is 4. The predicted molar refractivity (Wildman–Crippen MR) is 79.1 cm³/mol. The van der Waals surface area contributed by atoms with Crippen LogP contribution in [0.25, 0.3) is 11.3 Å². The Morgan fingerprint density at radius 1 is 1.23 bits per heavy atom. The molecule has 1 aromatic heterocycles. The summed E-state index contributed by atoms with van der Waals surface area (Å²) < 4.78 is 4.78. The second-order valence-electron chi connectivity index (χ2n) is 5.63. The molecule has 1 aliphatic carbocycles. The van der Waals surface area contributed by atoms with E-state index in [9.17, 15) is 14.7 Å². The van der Waals surface area contributed by atoms with Gasteiger partial charge < -0.3 is 14.9 Å². The predicted octanol–water partition coefficient (Wildman–Crippen LogP) is 2.93. The summed E-state index contributed by atoms with van der Waals surface area (Å²) >= 11 is 0. The van der Waals surface area contributed by atoms with E-state index in [1.807, 2.05) is 12.1 Å². The van der Waals surface area contributed by atoms with Crippen LogP contribution in [0.1, 0.15) is 25.7 Å². The van der Waals surface area contributed by atoms with Crippen molar-refractivity contribution >= 4 is 17.6 Å². The van der Waals surface area contributed by atoms with E-state index in [0.717, 1.165) is 17.7 Å². The zero-order valence-electron chi connectivity index (χ0n) is 11.9. The van der Waals surface area contributed by atoms with Crippen LogP contribution in [0, 0.1) is 5.41 Å². The van der Waals surface area contributed by atoms with Crippen molar-refractivity contribution in [2.75, 3.05) is 5.32 Å². The van der Waals surface area contributed by atoms with Crippen molar-refractivity contribution in [2.24, 2.45) is 5.41 Å². The first-order valence-corrected chi connectivity index (χ1v) is 7.13. The molecule has 6 nitrogen and oxygen atoms in total. The van der Waals surface area contributed by atoms with Gasteiger partial charge in [0.15, 0.2) is 0 Å². The third kappa shape index (κ3) is 2.72. The molecule has 1 heterocycles. The Balaban J connectivity index is 1.63. The monoisotopic (exact) mass is 300 g/mol. The molecule has 0 aliphatic heterocycles. The molecule has 114 valence electrons. The number of carboxylic acid groups (broad SMARTS) is 1. The average Bonchev–Trinajstić information content (AvgIpc) is 2.97. The molecule has 2 aromatic rings. The fourth-order valence-electron chi connectivity index (χ4n) is 2.67. The van der Waals surface area contributed by atoms with Gasteiger partial charge in [-0.1, -0.05) is 23.7 Å². The normalized spacial score (nSPS) is 15.8. The number of hydrogen-bond donors (Lipinski definition) is 2. The summed E-state index contributed by atoms with van der Waals surface area (Å²) in [6, 6.07) is 8.92. The Bertz CT molecular complexity index is 673. The molecule has 0 spiro atoms. The first kappa shape index (κ1) is 14.3. The highest BCUT2D eigenvalue weighted by Crippen LogP contribution is 2.44. The summed E-state index contributed by atoms with van der Waals surface area (Å²) in [5.41, 5.74) is 1.37. The zero-order valence-corrected chi connectivity index (χ0v) is 11.9. The quantitative estimate of drug-likeness (QED) is 0.885. The highest BCUT2D eigenvalue weighted by molar-refractivity contribution is 5.94. The highest BCUT2D eigenvalue weighted by Gasteiger charge is 2.45. The molecule has 1 aromatic carbocycles. The molecule has 1 saturated carbocycles. The maximum absolute atomic E-state index is 12.0. The molecule has 6 heteroatoms. The maximum atomic E-state index is 12.0. The van der Waals surface area contributed by atoms with Crippen LogP contribution in [0.4, 0.5) is 5.69 Å². The van der Waals surface area contributed by atoms with Crippen molar-refractivity contribution in [3.63, 3.8) is 0 Å². The lowest BCUT2D eigenvalue weighted by Crippen LogP contribution is -2.41. The first-order valence-electron chi connectivity index (χ1n) is 7.13. The Morgan fingerprint density at radius 3 is 2.45 bits per heavy atom. The van der Waals surface area contributed by atoms with Crippen LogP contribution in [-0.4, -0.2) is 22.1 Å². The van der Waals surface area contributed by atoms with E-state index in [2.05, 4.69) is 10.5 Å². The van der Waals surface area contributed by atoms with E-state index in [1.165, 1.54) is 6.26 Å². The smallest absolute Gasteiger partial charge is 0.310 e. The molecule has 3 rings (SSSR count). The van der Waals surface area contributed by atoms with Crippen LogP contribution in [0.2, 0.25) is 0 Å². The molecule has 0 atom stereocenters. The maximum Gasteiger partial charge on any atom is 0.310 e. The third-order valence-electron chi connectivity index (χ3n) is 4.17. The van der Waals surface area contributed by atoms with Crippen LogP contribution in [0.15, 0.2) is 41.1 Å².